The van der Waals surface area contributed by atoms with E-state index in [9.17, 15) is 4.79 Å². The number of ketones is 1. The largest absolute Gasteiger partial charge is 0.361 e. The first-order valence-electron chi connectivity index (χ1n) is 6.65. The number of anilines is 1. The van der Waals surface area contributed by atoms with Crippen molar-refractivity contribution in [3.63, 3.8) is 0 Å². The minimum absolute atomic E-state index is 0.187. The zero-order valence-corrected chi connectivity index (χ0v) is 11.4. The zero-order valence-electron chi connectivity index (χ0n) is 11.4. The Morgan fingerprint density at radius 2 is 2.06 bits per heavy atom. The van der Waals surface area contributed by atoms with Gasteiger partial charge in [0.1, 0.15) is 0 Å². The molecule has 96 valence electrons. The van der Waals surface area contributed by atoms with Gasteiger partial charge in [0.25, 0.3) is 0 Å². The second-order valence-corrected chi connectivity index (χ2v) is 5.27. The quantitative estimate of drug-likeness (QED) is 0.796. The Bertz CT molecular complexity index is 488. The summed E-state index contributed by atoms with van der Waals surface area (Å²) in [6.45, 7) is 6.22. The van der Waals surface area contributed by atoms with E-state index in [2.05, 4.69) is 37.4 Å². The Balaban J connectivity index is 2.09. The lowest BCUT2D eigenvalue weighted by Gasteiger charge is -2.19. The van der Waals surface area contributed by atoms with Gasteiger partial charge in [-0.1, -0.05) is 13.0 Å². The van der Waals surface area contributed by atoms with E-state index >= 15 is 0 Å². The average Bonchev–Trinajstić information content (AvgIpc) is 2.35. The van der Waals surface area contributed by atoms with E-state index in [4.69, 9.17) is 0 Å². The van der Waals surface area contributed by atoms with Crippen LogP contribution in [0.5, 0.6) is 0 Å². The SMILES string of the molecule is Cc1ccc(N/C=C2/CCC[C@H](C)C2=O)cc1C. The molecule has 2 nitrogen and oxygen atoms in total. The normalized spacial score (nSPS) is 22.3. The van der Waals surface area contributed by atoms with Crippen LogP contribution in [-0.4, -0.2) is 5.78 Å². The molecular formula is C16H21NO. The first kappa shape index (κ1) is 12.9. The summed E-state index contributed by atoms with van der Waals surface area (Å²) < 4.78 is 0. The number of hydrogen-bond acceptors (Lipinski definition) is 2. The summed E-state index contributed by atoms with van der Waals surface area (Å²) >= 11 is 0. The van der Waals surface area contributed by atoms with Crippen LogP contribution in [0.2, 0.25) is 0 Å². The molecule has 1 aromatic carbocycles. The monoisotopic (exact) mass is 243 g/mol. The summed E-state index contributed by atoms with van der Waals surface area (Å²) in [5.41, 5.74) is 4.54. The summed E-state index contributed by atoms with van der Waals surface area (Å²) in [5, 5.41) is 3.25. The van der Waals surface area contributed by atoms with E-state index in [-0.39, 0.29) is 5.92 Å². The van der Waals surface area contributed by atoms with E-state index in [0.29, 0.717) is 5.78 Å². The summed E-state index contributed by atoms with van der Waals surface area (Å²) in [5.74, 6) is 0.490. The molecule has 0 radical (unpaired) electrons. The van der Waals surface area contributed by atoms with Gasteiger partial charge in [-0.2, -0.15) is 0 Å². The molecule has 1 N–H and O–H groups in total. The van der Waals surface area contributed by atoms with Crippen LogP contribution in [0.3, 0.4) is 0 Å². The van der Waals surface area contributed by atoms with E-state index in [1.165, 1.54) is 11.1 Å². The number of Topliss-reactive ketones (excluding diaryl/α,β-unsaturated/α-hetero) is 1. The molecule has 18 heavy (non-hydrogen) atoms. The maximum Gasteiger partial charge on any atom is 0.163 e. The highest BCUT2D eigenvalue weighted by atomic mass is 16.1. The molecule has 0 amide bonds. The second-order valence-electron chi connectivity index (χ2n) is 5.27. The lowest BCUT2D eigenvalue weighted by molar-refractivity contribution is -0.119. The van der Waals surface area contributed by atoms with Gasteiger partial charge in [0.15, 0.2) is 5.78 Å². The molecule has 2 heteroatoms. The molecule has 0 saturated heterocycles. The van der Waals surface area contributed by atoms with Gasteiger partial charge in [-0.3, -0.25) is 4.79 Å². The van der Waals surface area contributed by atoms with Crippen molar-refractivity contribution in [3.8, 4) is 0 Å². The smallest absolute Gasteiger partial charge is 0.163 e. The number of rotatable bonds is 2. The van der Waals surface area contributed by atoms with Crippen LogP contribution >= 0.6 is 0 Å². The Hall–Kier alpha value is -1.57. The van der Waals surface area contributed by atoms with Crippen LogP contribution < -0.4 is 5.32 Å². The van der Waals surface area contributed by atoms with Crippen molar-refractivity contribution in [1.29, 1.82) is 0 Å². The summed E-state index contributed by atoms with van der Waals surface area (Å²) in [4.78, 5) is 12.0. The molecule has 1 aromatic rings. The number of allylic oxidation sites excluding steroid dienone is 1. The predicted molar refractivity (Wildman–Crippen MR) is 75.6 cm³/mol. The van der Waals surface area contributed by atoms with Crippen molar-refractivity contribution in [2.45, 2.75) is 40.0 Å². The molecular weight excluding hydrogens is 222 g/mol. The van der Waals surface area contributed by atoms with Gasteiger partial charge in [-0.25, -0.2) is 0 Å². The second kappa shape index (κ2) is 5.38. The minimum Gasteiger partial charge on any atom is -0.361 e. The van der Waals surface area contributed by atoms with Crippen molar-refractivity contribution in [2.24, 2.45) is 5.92 Å². The van der Waals surface area contributed by atoms with Gasteiger partial charge < -0.3 is 5.32 Å². The summed E-state index contributed by atoms with van der Waals surface area (Å²) in [6, 6.07) is 6.26. The van der Waals surface area contributed by atoms with E-state index in [0.717, 1.165) is 30.5 Å². The fourth-order valence-electron chi connectivity index (χ4n) is 2.31. The molecule has 0 heterocycles. The van der Waals surface area contributed by atoms with Crippen LogP contribution in [-0.2, 0) is 4.79 Å². The highest BCUT2D eigenvalue weighted by Crippen LogP contribution is 2.25. The molecule has 1 saturated carbocycles. The fourth-order valence-corrected chi connectivity index (χ4v) is 2.31. The van der Waals surface area contributed by atoms with Crippen LogP contribution in [0.25, 0.3) is 0 Å². The number of carbonyl (C=O) groups excluding carboxylic acids is 1. The highest BCUT2D eigenvalue weighted by Gasteiger charge is 2.22. The van der Waals surface area contributed by atoms with E-state index in [1.807, 2.05) is 13.1 Å². The Morgan fingerprint density at radius 1 is 1.28 bits per heavy atom. The van der Waals surface area contributed by atoms with Crippen LogP contribution in [0.15, 0.2) is 30.0 Å². The molecule has 0 bridgehead atoms. The molecule has 0 unspecified atom stereocenters. The number of nitrogens with one attached hydrogen (secondary N) is 1. The standard InChI is InChI=1S/C16H21NO/c1-11-7-8-15(9-13(11)3)17-10-14-6-4-5-12(2)16(14)18/h7-10,12,17H,4-6H2,1-3H3/b14-10-/t12-/m0/s1. The zero-order chi connectivity index (χ0) is 13.1. The van der Waals surface area contributed by atoms with Gasteiger partial charge in [-0.05, 0) is 56.4 Å². The van der Waals surface area contributed by atoms with Gasteiger partial charge in [0.2, 0.25) is 0 Å². The van der Waals surface area contributed by atoms with Crippen molar-refractivity contribution in [1.82, 2.24) is 0 Å². The maximum absolute atomic E-state index is 12.0. The third-order valence-corrected chi connectivity index (χ3v) is 3.77. The average molecular weight is 243 g/mol. The van der Waals surface area contributed by atoms with Gasteiger partial charge >= 0.3 is 0 Å². The summed E-state index contributed by atoms with van der Waals surface area (Å²) in [6.07, 6.45) is 4.94. The first-order chi connectivity index (χ1) is 8.58. The Morgan fingerprint density at radius 3 is 2.78 bits per heavy atom. The van der Waals surface area contributed by atoms with E-state index in [1.54, 1.807) is 0 Å². The maximum atomic E-state index is 12.0. The topological polar surface area (TPSA) is 29.1 Å². The fraction of sp³-hybridized carbons (Fsp3) is 0.438. The van der Waals surface area contributed by atoms with Crippen molar-refractivity contribution in [3.05, 3.63) is 41.1 Å². The Labute approximate surface area is 109 Å². The molecule has 0 spiro atoms. The number of hydrogen-bond donors (Lipinski definition) is 1. The molecule has 1 atom stereocenters. The third-order valence-electron chi connectivity index (χ3n) is 3.77. The number of carbonyl (C=O) groups is 1. The lowest BCUT2D eigenvalue weighted by atomic mass is 9.86. The number of aryl methyl sites for hydroxylation is 2. The first-order valence-corrected chi connectivity index (χ1v) is 6.65. The summed E-state index contributed by atoms with van der Waals surface area (Å²) in [7, 11) is 0. The number of benzene rings is 1. The molecule has 0 aromatic heterocycles. The third kappa shape index (κ3) is 2.81. The van der Waals surface area contributed by atoms with Gasteiger partial charge in [-0.15, -0.1) is 0 Å². The molecule has 1 fully saturated rings. The molecule has 0 aliphatic heterocycles. The molecule has 1 aliphatic rings. The van der Waals surface area contributed by atoms with Crippen LogP contribution in [0, 0.1) is 19.8 Å². The minimum atomic E-state index is 0.187. The Kier molecular flexibility index (Phi) is 3.85. The van der Waals surface area contributed by atoms with Crippen LogP contribution in [0.4, 0.5) is 5.69 Å². The van der Waals surface area contributed by atoms with Crippen LogP contribution in [0.1, 0.15) is 37.3 Å². The lowest BCUT2D eigenvalue weighted by Crippen LogP contribution is -2.19. The van der Waals surface area contributed by atoms with Gasteiger partial charge in [0, 0.05) is 23.4 Å². The van der Waals surface area contributed by atoms with Gasteiger partial charge in [0.05, 0.1) is 0 Å². The van der Waals surface area contributed by atoms with Crippen molar-refractivity contribution < 1.29 is 4.79 Å². The van der Waals surface area contributed by atoms with Crippen molar-refractivity contribution >= 4 is 11.5 Å². The highest BCUT2D eigenvalue weighted by molar-refractivity contribution is 5.97. The van der Waals surface area contributed by atoms with Crippen molar-refractivity contribution in [2.75, 3.05) is 5.32 Å². The van der Waals surface area contributed by atoms with E-state index < -0.39 is 0 Å². The molecule has 1 aliphatic carbocycles. The predicted octanol–water partition coefficient (Wildman–Crippen LogP) is 3.99. The molecule has 2 rings (SSSR count).